The number of aromatic nitrogens is 4. The first kappa shape index (κ1) is 19.8. The molecule has 0 aliphatic rings. The third-order valence-corrected chi connectivity index (χ3v) is 6.90. The van der Waals surface area contributed by atoms with Gasteiger partial charge in [-0.2, -0.15) is 5.10 Å². The van der Waals surface area contributed by atoms with Gasteiger partial charge >= 0.3 is 0 Å². The summed E-state index contributed by atoms with van der Waals surface area (Å²) >= 11 is 1.77. The van der Waals surface area contributed by atoms with Crippen molar-refractivity contribution in [1.82, 2.24) is 19.6 Å². The van der Waals surface area contributed by atoms with Crippen molar-refractivity contribution in [2.45, 2.75) is 60.3 Å². The molecule has 4 nitrogen and oxygen atoms in total. The first-order chi connectivity index (χ1) is 13.9. The van der Waals surface area contributed by atoms with Crippen molar-refractivity contribution in [1.29, 1.82) is 0 Å². The van der Waals surface area contributed by atoms with Gasteiger partial charge in [-0.3, -0.25) is 4.98 Å². The molecule has 0 aliphatic carbocycles. The second kappa shape index (κ2) is 7.71. The molecule has 0 unspecified atom stereocenters. The van der Waals surface area contributed by atoms with Crippen molar-refractivity contribution < 1.29 is 0 Å². The van der Waals surface area contributed by atoms with Crippen molar-refractivity contribution >= 4 is 17.0 Å². The Balaban J connectivity index is 1.91. The second-order valence-electron chi connectivity index (χ2n) is 7.88. The molecular weight excluding hydrogens is 376 g/mol. The van der Waals surface area contributed by atoms with Crippen molar-refractivity contribution in [3.8, 4) is 21.1 Å². The Bertz CT molecular complexity index is 1160. The zero-order valence-corrected chi connectivity index (χ0v) is 18.9. The van der Waals surface area contributed by atoms with E-state index in [2.05, 4.69) is 75.3 Å². The number of pyridine rings is 1. The van der Waals surface area contributed by atoms with Crippen LogP contribution in [0, 0.1) is 27.7 Å². The van der Waals surface area contributed by atoms with E-state index in [4.69, 9.17) is 10.1 Å². The van der Waals surface area contributed by atoms with Gasteiger partial charge in [0, 0.05) is 11.8 Å². The molecule has 0 saturated heterocycles. The van der Waals surface area contributed by atoms with E-state index in [1.807, 2.05) is 6.20 Å². The highest BCUT2D eigenvalue weighted by atomic mass is 32.1. The molecule has 29 heavy (non-hydrogen) atoms. The van der Waals surface area contributed by atoms with E-state index in [0.29, 0.717) is 5.92 Å². The number of thiophene rings is 1. The number of hydrogen-bond donors (Lipinski definition) is 0. The normalized spacial score (nSPS) is 11.7. The Morgan fingerprint density at radius 2 is 1.79 bits per heavy atom. The van der Waals surface area contributed by atoms with Gasteiger partial charge in [0.2, 0.25) is 0 Å². The van der Waals surface area contributed by atoms with Gasteiger partial charge in [-0.25, -0.2) is 9.50 Å². The maximum Gasteiger partial charge on any atom is 0.158 e. The second-order valence-corrected chi connectivity index (χ2v) is 8.93. The number of hydrogen-bond acceptors (Lipinski definition) is 4. The van der Waals surface area contributed by atoms with E-state index in [1.165, 1.54) is 26.4 Å². The third-order valence-electron chi connectivity index (χ3n) is 5.63. The summed E-state index contributed by atoms with van der Waals surface area (Å²) in [6.07, 6.45) is 4.15. The van der Waals surface area contributed by atoms with Crippen molar-refractivity contribution in [3.05, 3.63) is 58.5 Å². The molecule has 0 aromatic carbocycles. The first-order valence-electron chi connectivity index (χ1n) is 10.3. The molecule has 0 aliphatic heterocycles. The minimum Gasteiger partial charge on any atom is -0.255 e. The lowest BCUT2D eigenvalue weighted by Gasteiger charge is -2.14. The third kappa shape index (κ3) is 3.48. The molecular formula is C24H28N4S. The molecule has 5 heteroatoms. The molecule has 0 bridgehead atoms. The monoisotopic (exact) mass is 404 g/mol. The number of fused-ring (bicyclic) bond motifs is 1. The smallest absolute Gasteiger partial charge is 0.158 e. The standard InChI is InChI=1S/C24H28N4S/c1-7-18(8-2)19-12-16(5)27-28-22(17(6)26-24(19)28)23-15(4)11-21(29-23)20-10-9-14(3)13-25-20/h9-13,18H,7-8H2,1-6H3. The van der Waals surface area contributed by atoms with Crippen LogP contribution in [-0.4, -0.2) is 19.6 Å². The van der Waals surface area contributed by atoms with Crippen LogP contribution in [0.2, 0.25) is 0 Å². The summed E-state index contributed by atoms with van der Waals surface area (Å²) in [5.41, 5.74) is 8.92. The van der Waals surface area contributed by atoms with Gasteiger partial charge in [-0.15, -0.1) is 11.3 Å². The molecule has 0 atom stereocenters. The molecule has 0 amide bonds. The zero-order valence-electron chi connectivity index (χ0n) is 18.1. The number of rotatable bonds is 5. The summed E-state index contributed by atoms with van der Waals surface area (Å²) < 4.78 is 2.07. The van der Waals surface area contributed by atoms with E-state index in [0.717, 1.165) is 41.3 Å². The molecule has 0 fully saturated rings. The van der Waals surface area contributed by atoms with Gasteiger partial charge in [0.05, 0.1) is 26.8 Å². The van der Waals surface area contributed by atoms with Gasteiger partial charge in [0.25, 0.3) is 0 Å². The lowest BCUT2D eigenvalue weighted by atomic mass is 9.95. The largest absolute Gasteiger partial charge is 0.255 e. The minimum atomic E-state index is 0.505. The summed E-state index contributed by atoms with van der Waals surface area (Å²) in [5.74, 6) is 0.505. The maximum absolute atomic E-state index is 4.97. The molecule has 4 aromatic rings. The van der Waals surface area contributed by atoms with Gasteiger partial charge in [0.15, 0.2) is 5.65 Å². The van der Waals surface area contributed by atoms with Crippen LogP contribution in [-0.2, 0) is 0 Å². The predicted molar refractivity (Wildman–Crippen MR) is 122 cm³/mol. The van der Waals surface area contributed by atoms with E-state index < -0.39 is 0 Å². The summed E-state index contributed by atoms with van der Waals surface area (Å²) in [7, 11) is 0. The molecule has 4 heterocycles. The molecule has 0 radical (unpaired) electrons. The van der Waals surface area contributed by atoms with Crippen molar-refractivity contribution in [3.63, 3.8) is 0 Å². The average Bonchev–Trinajstić information content (AvgIpc) is 3.22. The highest BCUT2D eigenvalue weighted by molar-refractivity contribution is 7.19. The van der Waals surface area contributed by atoms with Gasteiger partial charge in [-0.1, -0.05) is 19.9 Å². The molecule has 0 spiro atoms. The fourth-order valence-corrected chi connectivity index (χ4v) is 5.26. The molecule has 150 valence electrons. The number of aryl methyl sites for hydroxylation is 4. The van der Waals surface area contributed by atoms with Crippen LogP contribution in [0.1, 0.15) is 60.7 Å². The Morgan fingerprint density at radius 1 is 1.03 bits per heavy atom. The van der Waals surface area contributed by atoms with Crippen LogP contribution in [0.25, 0.3) is 26.8 Å². The van der Waals surface area contributed by atoms with Gasteiger partial charge in [0.1, 0.15) is 5.69 Å². The van der Waals surface area contributed by atoms with Crippen LogP contribution in [0.5, 0.6) is 0 Å². The maximum atomic E-state index is 4.97. The fourth-order valence-electron chi connectivity index (χ4n) is 4.03. The Morgan fingerprint density at radius 3 is 2.45 bits per heavy atom. The summed E-state index contributed by atoms with van der Waals surface area (Å²) in [4.78, 5) is 12.0. The highest BCUT2D eigenvalue weighted by Crippen LogP contribution is 2.39. The first-order valence-corrected chi connectivity index (χ1v) is 11.1. The summed E-state index contributed by atoms with van der Waals surface area (Å²) in [5, 5.41) is 4.86. The number of nitrogens with zero attached hydrogens (tertiary/aromatic N) is 4. The Kier molecular flexibility index (Phi) is 5.26. The van der Waals surface area contributed by atoms with Crippen LogP contribution < -0.4 is 0 Å². The molecule has 0 N–H and O–H groups in total. The number of imidazole rings is 1. The van der Waals surface area contributed by atoms with E-state index >= 15 is 0 Å². The van der Waals surface area contributed by atoms with Crippen LogP contribution in [0.3, 0.4) is 0 Å². The lowest BCUT2D eigenvalue weighted by molar-refractivity contribution is 0.638. The SMILES string of the molecule is CCC(CC)c1cc(C)nn2c(-c3sc(-c4ccc(C)cn4)cc3C)c(C)nc12. The Labute approximate surface area is 176 Å². The van der Waals surface area contributed by atoms with E-state index in [-0.39, 0.29) is 0 Å². The van der Waals surface area contributed by atoms with Crippen molar-refractivity contribution in [2.24, 2.45) is 0 Å². The van der Waals surface area contributed by atoms with E-state index in [1.54, 1.807) is 11.3 Å². The average molecular weight is 405 g/mol. The van der Waals surface area contributed by atoms with Gasteiger partial charge < -0.3 is 0 Å². The van der Waals surface area contributed by atoms with Gasteiger partial charge in [-0.05, 0) is 75.8 Å². The fraction of sp³-hybridized carbons (Fsp3) is 0.375. The van der Waals surface area contributed by atoms with Crippen LogP contribution in [0.4, 0.5) is 0 Å². The van der Waals surface area contributed by atoms with Crippen LogP contribution >= 0.6 is 11.3 Å². The van der Waals surface area contributed by atoms with Crippen LogP contribution in [0.15, 0.2) is 30.5 Å². The minimum absolute atomic E-state index is 0.505. The summed E-state index contributed by atoms with van der Waals surface area (Å²) in [6.45, 7) is 12.9. The Hall–Kier alpha value is -2.53. The van der Waals surface area contributed by atoms with E-state index in [9.17, 15) is 0 Å². The molecule has 4 rings (SSSR count). The molecule has 4 aromatic heterocycles. The zero-order chi connectivity index (χ0) is 20.7. The van der Waals surface area contributed by atoms with Crippen molar-refractivity contribution in [2.75, 3.05) is 0 Å². The lowest BCUT2D eigenvalue weighted by Crippen LogP contribution is -2.05. The highest BCUT2D eigenvalue weighted by Gasteiger charge is 2.22. The topological polar surface area (TPSA) is 43.1 Å². The molecule has 0 saturated carbocycles. The predicted octanol–water partition coefficient (Wildman–Crippen LogP) is 6.66. The quantitative estimate of drug-likeness (QED) is 0.374. The summed E-state index contributed by atoms with van der Waals surface area (Å²) in [6, 6.07) is 8.66.